The van der Waals surface area contributed by atoms with Gasteiger partial charge in [-0.25, -0.2) is 0 Å². The number of likely N-dealkylation sites (tertiary alicyclic amines) is 1. The molecule has 0 radical (unpaired) electrons. The molecule has 0 aliphatic carbocycles. The monoisotopic (exact) mass is 310 g/mol. The van der Waals surface area contributed by atoms with E-state index in [1.165, 1.54) is 0 Å². The van der Waals surface area contributed by atoms with Gasteiger partial charge in [0.05, 0.1) is 17.3 Å². The van der Waals surface area contributed by atoms with Crippen molar-refractivity contribution in [2.45, 2.75) is 31.7 Å². The molecule has 1 aromatic carbocycles. The molecule has 5 nitrogen and oxygen atoms in total. The fraction of sp³-hybridized carbons (Fsp3) is 0.467. The van der Waals surface area contributed by atoms with Crippen molar-refractivity contribution >= 4 is 29.2 Å². The highest BCUT2D eigenvalue weighted by atomic mass is 35.5. The minimum atomic E-state index is -0.859. The van der Waals surface area contributed by atoms with E-state index in [1.54, 1.807) is 29.2 Å². The smallest absolute Gasteiger partial charge is 0.320 e. The highest BCUT2D eigenvalue weighted by molar-refractivity contribution is 6.33. The molecular formula is C15H19ClN2O3. The van der Waals surface area contributed by atoms with Crippen molar-refractivity contribution in [1.82, 2.24) is 4.90 Å². The number of carboxylic acid groups (broad SMARTS) is 1. The van der Waals surface area contributed by atoms with E-state index in [2.05, 4.69) is 5.32 Å². The first kappa shape index (κ1) is 15.8. The summed E-state index contributed by atoms with van der Waals surface area (Å²) in [6.45, 7) is 0.703. The molecular weight excluding hydrogens is 292 g/mol. The van der Waals surface area contributed by atoms with Crippen LogP contribution in [0.4, 0.5) is 5.69 Å². The van der Waals surface area contributed by atoms with Gasteiger partial charge in [0, 0.05) is 0 Å². The van der Waals surface area contributed by atoms with Crippen LogP contribution in [0.3, 0.4) is 0 Å². The second-order valence-electron chi connectivity index (χ2n) is 5.20. The SMILES string of the molecule is O=C(CN1CCCCCC1C(=O)O)Nc1ccccc1Cl. The number of halogens is 1. The predicted octanol–water partition coefficient (Wildman–Crippen LogP) is 2.61. The quantitative estimate of drug-likeness (QED) is 0.897. The molecule has 2 N–H and O–H groups in total. The van der Waals surface area contributed by atoms with Crippen molar-refractivity contribution in [2.24, 2.45) is 0 Å². The molecule has 1 amide bonds. The summed E-state index contributed by atoms with van der Waals surface area (Å²) >= 11 is 5.99. The van der Waals surface area contributed by atoms with Gasteiger partial charge in [-0.1, -0.05) is 36.6 Å². The number of rotatable bonds is 4. The number of amides is 1. The number of hydrogen-bond acceptors (Lipinski definition) is 3. The van der Waals surface area contributed by atoms with Crippen LogP contribution in [0.5, 0.6) is 0 Å². The summed E-state index contributed by atoms with van der Waals surface area (Å²) in [6.07, 6.45) is 3.41. The summed E-state index contributed by atoms with van der Waals surface area (Å²) in [5.74, 6) is -1.10. The zero-order valence-corrected chi connectivity index (χ0v) is 12.5. The molecule has 1 saturated heterocycles. The minimum Gasteiger partial charge on any atom is -0.480 e. The molecule has 6 heteroatoms. The molecule has 21 heavy (non-hydrogen) atoms. The Morgan fingerprint density at radius 3 is 2.76 bits per heavy atom. The topological polar surface area (TPSA) is 69.6 Å². The van der Waals surface area contributed by atoms with Crippen LogP contribution < -0.4 is 5.32 Å². The molecule has 0 aromatic heterocycles. The average Bonchev–Trinajstić information content (AvgIpc) is 2.67. The second-order valence-corrected chi connectivity index (χ2v) is 5.61. The number of aliphatic carboxylic acids is 1. The van der Waals surface area contributed by atoms with Crippen molar-refractivity contribution in [2.75, 3.05) is 18.4 Å². The van der Waals surface area contributed by atoms with E-state index >= 15 is 0 Å². The van der Waals surface area contributed by atoms with Crippen LogP contribution in [0.2, 0.25) is 5.02 Å². The first-order chi connectivity index (χ1) is 10.1. The Labute approximate surface area is 128 Å². The summed E-state index contributed by atoms with van der Waals surface area (Å²) in [5.41, 5.74) is 0.547. The Morgan fingerprint density at radius 1 is 1.29 bits per heavy atom. The first-order valence-corrected chi connectivity index (χ1v) is 7.47. The Hall–Kier alpha value is -1.59. The fourth-order valence-electron chi connectivity index (χ4n) is 2.57. The standard InChI is InChI=1S/C15H19ClN2O3/c16-11-6-3-4-7-12(11)17-14(19)10-18-9-5-1-2-8-13(18)15(20)21/h3-4,6-7,13H,1-2,5,8-10H2,(H,17,19)(H,20,21). The van der Waals surface area contributed by atoms with Gasteiger partial charge in [-0.2, -0.15) is 0 Å². The Balaban J connectivity index is 2.00. The molecule has 1 heterocycles. The lowest BCUT2D eigenvalue weighted by Gasteiger charge is -2.25. The van der Waals surface area contributed by atoms with Gasteiger partial charge in [0.1, 0.15) is 6.04 Å². The summed E-state index contributed by atoms with van der Waals surface area (Å²) in [4.78, 5) is 25.2. The summed E-state index contributed by atoms with van der Waals surface area (Å²) in [5, 5.41) is 12.5. The number of hydrogen-bond donors (Lipinski definition) is 2. The Kier molecular flexibility index (Phi) is 5.59. The van der Waals surface area contributed by atoms with Crippen molar-refractivity contribution in [1.29, 1.82) is 0 Å². The van der Waals surface area contributed by atoms with Gasteiger partial charge in [-0.05, 0) is 31.5 Å². The van der Waals surface area contributed by atoms with Crippen LogP contribution >= 0.6 is 11.6 Å². The van der Waals surface area contributed by atoms with Crippen LogP contribution in [-0.4, -0.2) is 41.0 Å². The minimum absolute atomic E-state index is 0.0716. The average molecular weight is 311 g/mol. The van der Waals surface area contributed by atoms with Crippen LogP contribution in [0.1, 0.15) is 25.7 Å². The lowest BCUT2D eigenvalue weighted by atomic mass is 10.1. The van der Waals surface area contributed by atoms with Gasteiger partial charge < -0.3 is 10.4 Å². The molecule has 1 aromatic rings. The number of anilines is 1. The van der Waals surface area contributed by atoms with Crippen LogP contribution in [0.25, 0.3) is 0 Å². The number of carbonyl (C=O) groups is 2. The van der Waals surface area contributed by atoms with E-state index in [0.717, 1.165) is 19.3 Å². The van der Waals surface area contributed by atoms with Gasteiger partial charge >= 0.3 is 5.97 Å². The highest BCUT2D eigenvalue weighted by Crippen LogP contribution is 2.21. The third kappa shape index (κ3) is 4.44. The summed E-state index contributed by atoms with van der Waals surface area (Å²) < 4.78 is 0. The van der Waals surface area contributed by atoms with Crippen LogP contribution in [0, 0.1) is 0 Å². The summed E-state index contributed by atoms with van der Waals surface area (Å²) in [7, 11) is 0. The van der Waals surface area contributed by atoms with Gasteiger partial charge in [-0.15, -0.1) is 0 Å². The zero-order chi connectivity index (χ0) is 15.2. The molecule has 0 saturated carbocycles. The van der Waals surface area contributed by atoms with Crippen molar-refractivity contribution in [3.63, 3.8) is 0 Å². The molecule has 1 aliphatic rings. The van der Waals surface area contributed by atoms with Crippen molar-refractivity contribution < 1.29 is 14.7 Å². The van der Waals surface area contributed by atoms with Crippen molar-refractivity contribution in [3.05, 3.63) is 29.3 Å². The maximum Gasteiger partial charge on any atom is 0.320 e. The number of benzene rings is 1. The maximum absolute atomic E-state index is 12.1. The summed E-state index contributed by atoms with van der Waals surface area (Å²) in [6, 6.07) is 6.41. The normalized spacial score (nSPS) is 19.8. The van der Waals surface area contributed by atoms with Crippen LogP contribution in [0.15, 0.2) is 24.3 Å². The van der Waals surface area contributed by atoms with E-state index in [1.807, 2.05) is 0 Å². The van der Waals surface area contributed by atoms with E-state index in [9.17, 15) is 14.7 Å². The Bertz CT molecular complexity index is 521. The number of nitrogens with zero attached hydrogens (tertiary/aromatic N) is 1. The largest absolute Gasteiger partial charge is 0.480 e. The molecule has 1 atom stereocenters. The molecule has 0 bridgehead atoms. The molecule has 1 fully saturated rings. The zero-order valence-electron chi connectivity index (χ0n) is 11.7. The van der Waals surface area contributed by atoms with E-state index in [-0.39, 0.29) is 12.5 Å². The number of nitrogens with one attached hydrogen (secondary N) is 1. The van der Waals surface area contributed by atoms with Gasteiger partial charge in [0.15, 0.2) is 0 Å². The van der Waals surface area contributed by atoms with E-state index in [0.29, 0.717) is 23.7 Å². The lowest BCUT2D eigenvalue weighted by Crippen LogP contribution is -2.44. The number of carboxylic acids is 1. The van der Waals surface area contributed by atoms with Gasteiger partial charge in [0.25, 0.3) is 0 Å². The third-order valence-corrected chi connectivity index (χ3v) is 3.97. The first-order valence-electron chi connectivity index (χ1n) is 7.09. The maximum atomic E-state index is 12.1. The Morgan fingerprint density at radius 2 is 2.05 bits per heavy atom. The fourth-order valence-corrected chi connectivity index (χ4v) is 2.76. The molecule has 1 unspecified atom stereocenters. The molecule has 114 valence electrons. The van der Waals surface area contributed by atoms with E-state index < -0.39 is 12.0 Å². The molecule has 0 spiro atoms. The molecule has 1 aliphatic heterocycles. The predicted molar refractivity (Wildman–Crippen MR) is 81.5 cm³/mol. The van der Waals surface area contributed by atoms with Crippen LogP contribution in [-0.2, 0) is 9.59 Å². The van der Waals surface area contributed by atoms with E-state index in [4.69, 9.17) is 11.6 Å². The third-order valence-electron chi connectivity index (χ3n) is 3.64. The number of carbonyl (C=O) groups excluding carboxylic acids is 1. The molecule has 2 rings (SSSR count). The number of para-hydroxylation sites is 1. The highest BCUT2D eigenvalue weighted by Gasteiger charge is 2.28. The second kappa shape index (κ2) is 7.43. The van der Waals surface area contributed by atoms with Gasteiger partial charge in [0.2, 0.25) is 5.91 Å². The van der Waals surface area contributed by atoms with Gasteiger partial charge in [-0.3, -0.25) is 14.5 Å². The lowest BCUT2D eigenvalue weighted by molar-refractivity contribution is -0.143. The van der Waals surface area contributed by atoms with Crippen molar-refractivity contribution in [3.8, 4) is 0 Å².